The van der Waals surface area contributed by atoms with Crippen molar-refractivity contribution >= 4 is 39.1 Å². The van der Waals surface area contributed by atoms with Gasteiger partial charge in [-0.05, 0) is 23.1 Å². The van der Waals surface area contributed by atoms with Crippen molar-refractivity contribution in [3.05, 3.63) is 59.7 Å². The molecular formula is C19H19NOS2. The molecule has 1 heterocycles. The highest BCUT2D eigenvalue weighted by Gasteiger charge is 2.15. The molecule has 0 N–H and O–H groups in total. The maximum Gasteiger partial charge on any atom is 0.173 e. The van der Waals surface area contributed by atoms with E-state index in [9.17, 15) is 4.79 Å². The Balaban J connectivity index is 1.67. The Labute approximate surface area is 145 Å². The zero-order chi connectivity index (χ0) is 16.4. The smallest absolute Gasteiger partial charge is 0.173 e. The molecule has 0 amide bonds. The average Bonchev–Trinajstić information content (AvgIpc) is 2.95. The normalized spacial score (nSPS) is 11.8. The second-order valence-electron chi connectivity index (χ2n) is 6.49. The van der Waals surface area contributed by atoms with E-state index in [0.717, 1.165) is 20.1 Å². The lowest BCUT2D eigenvalue weighted by atomic mass is 9.86. The molecule has 0 atom stereocenters. The Hall–Kier alpha value is -1.65. The first-order valence-corrected chi connectivity index (χ1v) is 9.36. The number of para-hydroxylation sites is 1. The lowest BCUT2D eigenvalue weighted by molar-refractivity contribution is 0.102. The Morgan fingerprint density at radius 1 is 1.09 bits per heavy atom. The van der Waals surface area contributed by atoms with E-state index in [-0.39, 0.29) is 11.2 Å². The number of fused-ring (bicyclic) bond motifs is 1. The number of hydrogen-bond acceptors (Lipinski definition) is 4. The zero-order valence-corrected chi connectivity index (χ0v) is 15.1. The topological polar surface area (TPSA) is 30.0 Å². The highest BCUT2D eigenvalue weighted by Crippen LogP contribution is 2.30. The van der Waals surface area contributed by atoms with Gasteiger partial charge < -0.3 is 0 Å². The molecule has 0 fully saturated rings. The maximum absolute atomic E-state index is 12.4. The summed E-state index contributed by atoms with van der Waals surface area (Å²) in [5, 5.41) is 0. The first kappa shape index (κ1) is 16.2. The first-order valence-electron chi connectivity index (χ1n) is 7.55. The third kappa shape index (κ3) is 3.82. The van der Waals surface area contributed by atoms with Gasteiger partial charge >= 0.3 is 0 Å². The molecule has 3 aromatic rings. The molecule has 0 saturated heterocycles. The summed E-state index contributed by atoms with van der Waals surface area (Å²) in [7, 11) is 0. The second kappa shape index (κ2) is 6.46. The molecule has 0 saturated carbocycles. The first-order chi connectivity index (χ1) is 10.9. The van der Waals surface area contributed by atoms with Crippen molar-refractivity contribution in [2.75, 3.05) is 5.75 Å². The molecule has 23 heavy (non-hydrogen) atoms. The molecule has 118 valence electrons. The monoisotopic (exact) mass is 341 g/mol. The highest BCUT2D eigenvalue weighted by atomic mass is 32.2. The van der Waals surface area contributed by atoms with Gasteiger partial charge in [-0.2, -0.15) is 0 Å². The molecule has 4 heteroatoms. The fourth-order valence-electron chi connectivity index (χ4n) is 2.28. The van der Waals surface area contributed by atoms with Gasteiger partial charge in [0.15, 0.2) is 10.1 Å². The number of nitrogens with zero attached hydrogens (tertiary/aromatic N) is 1. The van der Waals surface area contributed by atoms with Gasteiger partial charge in [-0.15, -0.1) is 11.3 Å². The van der Waals surface area contributed by atoms with E-state index < -0.39 is 0 Å². The minimum Gasteiger partial charge on any atom is -0.293 e. The summed E-state index contributed by atoms with van der Waals surface area (Å²) in [5.41, 5.74) is 3.12. The SMILES string of the molecule is CC(C)(C)c1ccc(C(=O)CSc2nc3ccccc3s2)cc1. The summed E-state index contributed by atoms with van der Waals surface area (Å²) in [6, 6.07) is 16.0. The van der Waals surface area contributed by atoms with E-state index in [1.807, 2.05) is 30.3 Å². The van der Waals surface area contributed by atoms with Crippen LogP contribution < -0.4 is 0 Å². The Morgan fingerprint density at radius 2 is 1.78 bits per heavy atom. The van der Waals surface area contributed by atoms with Crippen LogP contribution in [0.3, 0.4) is 0 Å². The molecular weight excluding hydrogens is 322 g/mol. The van der Waals surface area contributed by atoms with Crippen molar-refractivity contribution in [2.45, 2.75) is 30.5 Å². The Morgan fingerprint density at radius 3 is 2.43 bits per heavy atom. The van der Waals surface area contributed by atoms with E-state index in [0.29, 0.717) is 5.75 Å². The van der Waals surface area contributed by atoms with Gasteiger partial charge in [0.25, 0.3) is 0 Å². The number of carbonyl (C=O) groups excluding carboxylic acids is 1. The molecule has 0 radical (unpaired) electrons. The molecule has 0 bridgehead atoms. The number of rotatable bonds is 4. The average molecular weight is 342 g/mol. The van der Waals surface area contributed by atoms with Gasteiger partial charge in [-0.25, -0.2) is 4.98 Å². The number of ketones is 1. The predicted molar refractivity (Wildman–Crippen MR) is 99.8 cm³/mol. The van der Waals surface area contributed by atoms with Gasteiger partial charge in [0.05, 0.1) is 16.0 Å². The largest absolute Gasteiger partial charge is 0.293 e. The van der Waals surface area contributed by atoms with Crippen LogP contribution >= 0.6 is 23.1 Å². The molecule has 0 aliphatic carbocycles. The van der Waals surface area contributed by atoms with Gasteiger partial charge in [-0.3, -0.25) is 4.79 Å². The zero-order valence-electron chi connectivity index (χ0n) is 13.5. The summed E-state index contributed by atoms with van der Waals surface area (Å²) in [6.07, 6.45) is 0. The molecule has 0 unspecified atom stereocenters. The lowest BCUT2D eigenvalue weighted by Crippen LogP contribution is -2.11. The molecule has 0 aliphatic heterocycles. The summed E-state index contributed by atoms with van der Waals surface area (Å²) in [6.45, 7) is 6.52. The van der Waals surface area contributed by atoms with E-state index >= 15 is 0 Å². The number of hydrogen-bond donors (Lipinski definition) is 0. The van der Waals surface area contributed by atoms with Gasteiger partial charge in [0.2, 0.25) is 0 Å². The quantitative estimate of drug-likeness (QED) is 0.459. The van der Waals surface area contributed by atoms with Crippen LogP contribution in [-0.2, 0) is 5.41 Å². The number of carbonyl (C=O) groups is 1. The van der Waals surface area contributed by atoms with Crippen molar-refractivity contribution in [1.82, 2.24) is 4.98 Å². The van der Waals surface area contributed by atoms with Crippen LogP contribution in [0.4, 0.5) is 0 Å². The van der Waals surface area contributed by atoms with Crippen molar-refractivity contribution in [3.63, 3.8) is 0 Å². The van der Waals surface area contributed by atoms with Gasteiger partial charge in [0.1, 0.15) is 0 Å². The molecule has 2 nitrogen and oxygen atoms in total. The van der Waals surface area contributed by atoms with Crippen LogP contribution in [0.25, 0.3) is 10.2 Å². The number of thiazole rings is 1. The number of aromatic nitrogens is 1. The summed E-state index contributed by atoms with van der Waals surface area (Å²) >= 11 is 3.16. The standard InChI is InChI=1S/C19H19NOS2/c1-19(2,3)14-10-8-13(9-11-14)16(21)12-22-18-20-15-6-4-5-7-17(15)23-18/h4-11H,12H2,1-3H3. The van der Waals surface area contributed by atoms with Crippen molar-refractivity contribution in [3.8, 4) is 0 Å². The van der Waals surface area contributed by atoms with E-state index in [4.69, 9.17) is 0 Å². The summed E-state index contributed by atoms with van der Waals surface area (Å²) in [4.78, 5) is 16.9. The van der Waals surface area contributed by atoms with Crippen LogP contribution in [0.2, 0.25) is 0 Å². The minimum atomic E-state index is 0.108. The van der Waals surface area contributed by atoms with Crippen LogP contribution in [0.5, 0.6) is 0 Å². The fourth-order valence-corrected chi connectivity index (χ4v) is 4.24. The second-order valence-corrected chi connectivity index (χ2v) is 8.74. The van der Waals surface area contributed by atoms with E-state index in [1.54, 1.807) is 11.3 Å². The fraction of sp³-hybridized carbons (Fsp3) is 0.263. The molecule has 2 aromatic carbocycles. The number of Topliss-reactive ketones (excluding diaryl/α,β-unsaturated/α-hetero) is 1. The molecule has 1 aromatic heterocycles. The Bertz CT molecular complexity index is 795. The summed E-state index contributed by atoms with van der Waals surface area (Å²) in [5.74, 6) is 0.573. The van der Waals surface area contributed by atoms with Crippen molar-refractivity contribution in [1.29, 1.82) is 0 Å². The lowest BCUT2D eigenvalue weighted by Gasteiger charge is -2.18. The van der Waals surface area contributed by atoms with E-state index in [1.165, 1.54) is 17.3 Å². The van der Waals surface area contributed by atoms with Crippen LogP contribution in [0.1, 0.15) is 36.7 Å². The van der Waals surface area contributed by atoms with Crippen molar-refractivity contribution in [2.24, 2.45) is 0 Å². The number of thioether (sulfide) groups is 1. The predicted octanol–water partition coefficient (Wildman–Crippen LogP) is 5.57. The van der Waals surface area contributed by atoms with Gasteiger partial charge in [0, 0.05) is 5.56 Å². The highest BCUT2D eigenvalue weighted by molar-refractivity contribution is 8.01. The van der Waals surface area contributed by atoms with Crippen LogP contribution in [0.15, 0.2) is 52.9 Å². The molecule has 3 rings (SSSR count). The maximum atomic E-state index is 12.4. The Kier molecular flexibility index (Phi) is 4.55. The minimum absolute atomic E-state index is 0.108. The third-order valence-electron chi connectivity index (χ3n) is 3.67. The van der Waals surface area contributed by atoms with Crippen molar-refractivity contribution < 1.29 is 4.79 Å². The number of benzene rings is 2. The van der Waals surface area contributed by atoms with Crippen LogP contribution in [-0.4, -0.2) is 16.5 Å². The molecule has 0 spiro atoms. The van der Waals surface area contributed by atoms with E-state index in [2.05, 4.69) is 44.0 Å². The van der Waals surface area contributed by atoms with Crippen LogP contribution in [0, 0.1) is 0 Å². The third-order valence-corrected chi connectivity index (χ3v) is 5.85. The summed E-state index contributed by atoms with van der Waals surface area (Å²) < 4.78 is 2.11. The molecule has 0 aliphatic rings. The van der Waals surface area contributed by atoms with Gasteiger partial charge in [-0.1, -0.05) is 68.9 Å².